The van der Waals surface area contributed by atoms with Gasteiger partial charge in [-0.3, -0.25) is 4.90 Å². The second kappa shape index (κ2) is 6.66. The molecule has 5 nitrogen and oxygen atoms in total. The summed E-state index contributed by atoms with van der Waals surface area (Å²) in [6.07, 6.45) is 2.25. The van der Waals surface area contributed by atoms with E-state index in [2.05, 4.69) is 16.5 Å². The Bertz CT molecular complexity index is 1080. The SMILES string of the molecule is Cn1c(CN2CCC[C@@H](c3nc4ccccc4o3)C2)nc2cc(Cl)ccc21. The highest BCUT2D eigenvalue weighted by atomic mass is 35.5. The predicted molar refractivity (Wildman–Crippen MR) is 107 cm³/mol. The minimum atomic E-state index is 0.329. The number of hydrogen-bond donors (Lipinski definition) is 0. The van der Waals surface area contributed by atoms with Crippen molar-refractivity contribution in [1.29, 1.82) is 0 Å². The van der Waals surface area contributed by atoms with Crippen LogP contribution in [-0.4, -0.2) is 32.5 Å². The van der Waals surface area contributed by atoms with Crippen LogP contribution in [0.3, 0.4) is 0 Å². The second-order valence-corrected chi connectivity index (χ2v) is 7.75. The third-order valence-electron chi connectivity index (χ3n) is 5.47. The number of aryl methyl sites for hydroxylation is 1. The maximum atomic E-state index is 6.12. The predicted octanol–water partition coefficient (Wildman–Crippen LogP) is 4.75. The molecule has 0 unspecified atom stereocenters. The Balaban J connectivity index is 1.37. The Labute approximate surface area is 162 Å². The minimum absolute atomic E-state index is 0.329. The van der Waals surface area contributed by atoms with Crippen molar-refractivity contribution in [1.82, 2.24) is 19.4 Å². The van der Waals surface area contributed by atoms with Crippen molar-refractivity contribution in [3.05, 3.63) is 59.2 Å². The van der Waals surface area contributed by atoms with E-state index in [4.69, 9.17) is 26.0 Å². The number of para-hydroxylation sites is 2. The number of aromatic nitrogens is 3. The van der Waals surface area contributed by atoms with Gasteiger partial charge >= 0.3 is 0 Å². The quantitative estimate of drug-likeness (QED) is 0.514. The van der Waals surface area contributed by atoms with Crippen molar-refractivity contribution in [2.45, 2.75) is 25.3 Å². The van der Waals surface area contributed by atoms with Gasteiger partial charge in [0.05, 0.1) is 17.6 Å². The average Bonchev–Trinajstić information content (AvgIpc) is 3.23. The monoisotopic (exact) mass is 380 g/mol. The van der Waals surface area contributed by atoms with Crippen LogP contribution in [0.5, 0.6) is 0 Å². The van der Waals surface area contributed by atoms with Crippen molar-refractivity contribution in [3.63, 3.8) is 0 Å². The summed E-state index contributed by atoms with van der Waals surface area (Å²) in [5.74, 6) is 2.25. The molecule has 5 rings (SSSR count). The van der Waals surface area contributed by atoms with Gasteiger partial charge in [0.1, 0.15) is 11.3 Å². The number of benzene rings is 2. The number of fused-ring (bicyclic) bond motifs is 2. The minimum Gasteiger partial charge on any atom is -0.440 e. The molecule has 1 atom stereocenters. The number of rotatable bonds is 3. The molecule has 2 aromatic heterocycles. The molecule has 0 saturated carbocycles. The van der Waals surface area contributed by atoms with Crippen LogP contribution in [0.15, 0.2) is 46.9 Å². The molecule has 0 N–H and O–H groups in total. The molecule has 0 radical (unpaired) electrons. The molecule has 0 amide bonds. The van der Waals surface area contributed by atoms with Crippen LogP contribution in [-0.2, 0) is 13.6 Å². The Morgan fingerprint density at radius 1 is 1.15 bits per heavy atom. The van der Waals surface area contributed by atoms with Crippen molar-refractivity contribution in [3.8, 4) is 0 Å². The van der Waals surface area contributed by atoms with Crippen molar-refractivity contribution in [2.75, 3.05) is 13.1 Å². The lowest BCUT2D eigenvalue weighted by molar-refractivity contribution is 0.182. The first-order valence-corrected chi connectivity index (χ1v) is 9.74. The molecule has 138 valence electrons. The maximum Gasteiger partial charge on any atom is 0.199 e. The van der Waals surface area contributed by atoms with Crippen LogP contribution in [0.4, 0.5) is 0 Å². The molecule has 1 aliphatic heterocycles. The molecular formula is C21H21ClN4O. The normalized spacial score (nSPS) is 18.5. The summed E-state index contributed by atoms with van der Waals surface area (Å²) in [5.41, 5.74) is 3.88. The Morgan fingerprint density at radius 3 is 2.93 bits per heavy atom. The van der Waals surface area contributed by atoms with Gasteiger partial charge in [0, 0.05) is 24.5 Å². The standard InChI is InChI=1S/C21H21ClN4O/c1-25-18-9-8-15(22)11-17(18)23-20(25)13-26-10-4-5-14(12-26)21-24-16-6-2-3-7-19(16)27-21/h2-3,6-9,11,14H,4-5,10,12-13H2,1H3/t14-/m1/s1. The maximum absolute atomic E-state index is 6.12. The fraction of sp³-hybridized carbons (Fsp3) is 0.333. The van der Waals surface area contributed by atoms with Gasteiger partial charge in [-0.15, -0.1) is 0 Å². The molecule has 2 aromatic carbocycles. The Morgan fingerprint density at radius 2 is 2.04 bits per heavy atom. The van der Waals surface area contributed by atoms with Crippen molar-refractivity contribution >= 4 is 33.7 Å². The van der Waals surface area contributed by atoms with Gasteiger partial charge in [0.25, 0.3) is 0 Å². The number of nitrogens with zero attached hydrogens (tertiary/aromatic N) is 4. The van der Waals surface area contributed by atoms with Gasteiger partial charge in [-0.25, -0.2) is 9.97 Å². The van der Waals surface area contributed by atoms with E-state index in [9.17, 15) is 0 Å². The Hall–Kier alpha value is -2.37. The van der Waals surface area contributed by atoms with E-state index >= 15 is 0 Å². The first-order chi connectivity index (χ1) is 13.2. The summed E-state index contributed by atoms with van der Waals surface area (Å²) < 4.78 is 8.18. The fourth-order valence-corrected chi connectivity index (χ4v) is 4.20. The van der Waals surface area contributed by atoms with Crippen LogP contribution >= 0.6 is 11.6 Å². The number of halogens is 1. The molecular weight excluding hydrogens is 360 g/mol. The van der Waals surface area contributed by atoms with E-state index in [-0.39, 0.29) is 0 Å². The van der Waals surface area contributed by atoms with Crippen molar-refractivity contribution < 1.29 is 4.42 Å². The van der Waals surface area contributed by atoms with Gasteiger partial charge < -0.3 is 8.98 Å². The van der Waals surface area contributed by atoms with Gasteiger partial charge in [0.2, 0.25) is 0 Å². The third-order valence-corrected chi connectivity index (χ3v) is 5.70. The molecule has 0 spiro atoms. The molecule has 4 aromatic rings. The Kier molecular flexibility index (Phi) is 4.14. The smallest absolute Gasteiger partial charge is 0.199 e. The summed E-state index contributed by atoms with van der Waals surface area (Å²) in [6.45, 7) is 2.83. The average molecular weight is 381 g/mol. The number of oxazole rings is 1. The molecule has 3 heterocycles. The number of piperidine rings is 1. The second-order valence-electron chi connectivity index (χ2n) is 7.31. The lowest BCUT2D eigenvalue weighted by Crippen LogP contribution is -2.34. The molecule has 1 saturated heterocycles. The van der Waals surface area contributed by atoms with E-state index in [1.807, 2.05) is 42.5 Å². The number of hydrogen-bond acceptors (Lipinski definition) is 4. The zero-order valence-electron chi connectivity index (χ0n) is 15.2. The molecule has 27 heavy (non-hydrogen) atoms. The van der Waals surface area contributed by atoms with Crippen LogP contribution < -0.4 is 0 Å². The van der Waals surface area contributed by atoms with Crippen LogP contribution in [0.2, 0.25) is 5.02 Å². The van der Waals surface area contributed by atoms with Gasteiger partial charge in [-0.1, -0.05) is 23.7 Å². The summed E-state index contributed by atoms with van der Waals surface area (Å²) in [4.78, 5) is 12.0. The van der Waals surface area contributed by atoms with Crippen LogP contribution in [0.1, 0.15) is 30.5 Å². The van der Waals surface area contributed by atoms with E-state index in [0.717, 1.165) is 71.3 Å². The lowest BCUT2D eigenvalue weighted by atomic mass is 9.98. The highest BCUT2D eigenvalue weighted by molar-refractivity contribution is 6.31. The van der Waals surface area contributed by atoms with Gasteiger partial charge in [0.15, 0.2) is 11.5 Å². The molecule has 1 fully saturated rings. The van der Waals surface area contributed by atoms with Crippen molar-refractivity contribution in [2.24, 2.45) is 7.05 Å². The van der Waals surface area contributed by atoms with E-state index in [1.165, 1.54) is 0 Å². The summed E-state index contributed by atoms with van der Waals surface area (Å²) in [5, 5.41) is 0.723. The first kappa shape index (κ1) is 16.8. The lowest BCUT2D eigenvalue weighted by Gasteiger charge is -2.30. The van der Waals surface area contributed by atoms with E-state index < -0.39 is 0 Å². The summed E-state index contributed by atoms with van der Waals surface area (Å²) in [7, 11) is 2.07. The zero-order chi connectivity index (χ0) is 18.4. The van der Waals surface area contributed by atoms with E-state index in [0.29, 0.717) is 5.92 Å². The van der Waals surface area contributed by atoms with Crippen LogP contribution in [0, 0.1) is 0 Å². The topological polar surface area (TPSA) is 47.1 Å². The third kappa shape index (κ3) is 3.11. The highest BCUT2D eigenvalue weighted by Gasteiger charge is 2.26. The van der Waals surface area contributed by atoms with Gasteiger partial charge in [-0.2, -0.15) is 0 Å². The number of likely N-dealkylation sites (tertiary alicyclic amines) is 1. The van der Waals surface area contributed by atoms with Gasteiger partial charge in [-0.05, 0) is 49.7 Å². The van der Waals surface area contributed by atoms with Crippen LogP contribution in [0.25, 0.3) is 22.1 Å². The number of imidazole rings is 1. The fourth-order valence-electron chi connectivity index (χ4n) is 4.03. The summed E-state index contributed by atoms with van der Waals surface area (Å²) in [6, 6.07) is 13.9. The summed E-state index contributed by atoms with van der Waals surface area (Å²) >= 11 is 6.12. The zero-order valence-corrected chi connectivity index (χ0v) is 16.0. The molecule has 1 aliphatic rings. The molecule has 6 heteroatoms. The first-order valence-electron chi connectivity index (χ1n) is 9.36. The van der Waals surface area contributed by atoms with E-state index in [1.54, 1.807) is 0 Å². The molecule has 0 bridgehead atoms. The highest BCUT2D eigenvalue weighted by Crippen LogP contribution is 2.30. The molecule has 0 aliphatic carbocycles. The largest absolute Gasteiger partial charge is 0.440 e.